The van der Waals surface area contributed by atoms with Crippen LogP contribution in [0.4, 0.5) is 17.1 Å². The molecule has 0 unspecified atom stereocenters. The highest BCUT2D eigenvalue weighted by Gasteiger charge is 2.21. The minimum Gasteiger partial charge on any atom is -0.309 e. The minimum absolute atomic E-state index is 1.12. The van der Waals surface area contributed by atoms with Crippen LogP contribution < -0.4 is 4.90 Å². The van der Waals surface area contributed by atoms with Crippen molar-refractivity contribution in [3.63, 3.8) is 0 Å². The van der Waals surface area contributed by atoms with E-state index in [0.717, 1.165) is 17.1 Å². The average Bonchev–Trinajstić information content (AvgIpc) is 3.83. The summed E-state index contributed by atoms with van der Waals surface area (Å²) in [4.78, 5) is 2.41. The Morgan fingerprint density at radius 1 is 0.397 bits per heavy atom. The Morgan fingerprint density at radius 3 is 1.60 bits per heavy atom. The molecule has 0 aliphatic rings. The molecule has 0 aliphatic carbocycles. The van der Waals surface area contributed by atoms with Crippen molar-refractivity contribution < 1.29 is 0 Å². The fraction of sp³-hybridized carbons (Fsp3) is 0.0182. The Morgan fingerprint density at radius 2 is 0.931 bits per heavy atom. The predicted molar refractivity (Wildman–Crippen MR) is 249 cm³/mol. The average molecular weight is 759 g/mol. The number of hydrogen-bond acceptors (Lipinski definition) is 2. The standard InChI is InChI=1S/C55H38N2S/c1-37-47-36-29-42-15-8-9-18-48(42)54(47)57(53(37)43-16-6-3-7-17-43)46-34-27-41(28-35-46)40-25-32-45(33-26-40)56(44-30-23-39(24-31-44)38-13-4-2-5-14-38)51-21-12-20-50-49-19-10-11-22-52(49)58-55(50)51/h2-36H,1H3. The Kier molecular flexibility index (Phi) is 8.27. The van der Waals surface area contributed by atoms with E-state index in [2.05, 4.69) is 229 Å². The van der Waals surface area contributed by atoms with Gasteiger partial charge in [-0.1, -0.05) is 164 Å². The van der Waals surface area contributed by atoms with Crippen molar-refractivity contribution in [3.8, 4) is 39.2 Å². The van der Waals surface area contributed by atoms with Crippen molar-refractivity contribution in [2.24, 2.45) is 0 Å². The molecule has 0 atom stereocenters. The molecule has 0 saturated carbocycles. The van der Waals surface area contributed by atoms with E-state index in [1.807, 2.05) is 11.3 Å². The molecule has 58 heavy (non-hydrogen) atoms. The highest BCUT2D eigenvalue weighted by Crippen LogP contribution is 2.45. The highest BCUT2D eigenvalue weighted by atomic mass is 32.1. The summed E-state index contributed by atoms with van der Waals surface area (Å²) in [5.74, 6) is 0. The van der Waals surface area contributed by atoms with Gasteiger partial charge < -0.3 is 9.47 Å². The zero-order chi connectivity index (χ0) is 38.6. The molecule has 274 valence electrons. The lowest BCUT2D eigenvalue weighted by Gasteiger charge is -2.26. The van der Waals surface area contributed by atoms with E-state index in [1.165, 1.54) is 86.6 Å². The maximum absolute atomic E-state index is 2.46. The Bertz CT molecular complexity index is 3250. The maximum Gasteiger partial charge on any atom is 0.0640 e. The van der Waals surface area contributed by atoms with E-state index in [1.54, 1.807) is 0 Å². The lowest BCUT2D eigenvalue weighted by atomic mass is 10.0. The highest BCUT2D eigenvalue weighted by molar-refractivity contribution is 7.26. The second-order valence-electron chi connectivity index (χ2n) is 15.0. The van der Waals surface area contributed by atoms with Gasteiger partial charge in [0, 0.05) is 43.3 Å². The number of thiophene rings is 1. The van der Waals surface area contributed by atoms with Gasteiger partial charge in [-0.05, 0) is 94.2 Å². The van der Waals surface area contributed by atoms with Crippen molar-refractivity contribution in [3.05, 3.63) is 218 Å². The molecule has 0 bridgehead atoms. The van der Waals surface area contributed by atoms with Crippen LogP contribution in [0.2, 0.25) is 0 Å². The van der Waals surface area contributed by atoms with Crippen LogP contribution >= 0.6 is 11.3 Å². The molecule has 9 aromatic carbocycles. The van der Waals surface area contributed by atoms with Crippen molar-refractivity contribution in [1.82, 2.24) is 4.57 Å². The van der Waals surface area contributed by atoms with Crippen molar-refractivity contribution in [2.45, 2.75) is 6.92 Å². The number of nitrogens with zero attached hydrogens (tertiary/aromatic N) is 2. The molecule has 0 N–H and O–H groups in total. The minimum atomic E-state index is 1.12. The van der Waals surface area contributed by atoms with E-state index in [4.69, 9.17) is 0 Å². The van der Waals surface area contributed by atoms with Crippen LogP contribution in [0.5, 0.6) is 0 Å². The molecule has 0 aliphatic heterocycles. The summed E-state index contributed by atoms with van der Waals surface area (Å²) >= 11 is 1.86. The van der Waals surface area contributed by atoms with Crippen LogP contribution in [0.3, 0.4) is 0 Å². The van der Waals surface area contributed by atoms with Crippen LogP contribution in [0.25, 0.3) is 81.0 Å². The molecule has 2 nitrogen and oxygen atoms in total. The van der Waals surface area contributed by atoms with Crippen LogP contribution in [0.15, 0.2) is 212 Å². The second-order valence-corrected chi connectivity index (χ2v) is 16.0. The summed E-state index contributed by atoms with van der Waals surface area (Å²) < 4.78 is 5.05. The number of rotatable bonds is 7. The molecule has 2 heterocycles. The van der Waals surface area contributed by atoms with Gasteiger partial charge in [-0.25, -0.2) is 0 Å². The maximum atomic E-state index is 2.46. The topological polar surface area (TPSA) is 8.17 Å². The first-order valence-corrected chi connectivity index (χ1v) is 20.7. The molecular weight excluding hydrogens is 721 g/mol. The first-order chi connectivity index (χ1) is 28.7. The number of aryl methyl sites for hydroxylation is 1. The van der Waals surface area contributed by atoms with Gasteiger partial charge in [0.05, 0.1) is 21.6 Å². The largest absolute Gasteiger partial charge is 0.309 e. The van der Waals surface area contributed by atoms with Gasteiger partial charge in [0.2, 0.25) is 0 Å². The number of aromatic nitrogens is 1. The normalized spacial score (nSPS) is 11.5. The van der Waals surface area contributed by atoms with E-state index in [9.17, 15) is 0 Å². The van der Waals surface area contributed by atoms with E-state index in [0.29, 0.717) is 0 Å². The molecule has 11 rings (SSSR count). The van der Waals surface area contributed by atoms with Gasteiger partial charge in [-0.2, -0.15) is 0 Å². The van der Waals surface area contributed by atoms with Gasteiger partial charge in [0.15, 0.2) is 0 Å². The second kappa shape index (κ2) is 14.1. The fourth-order valence-electron chi connectivity index (χ4n) is 8.78. The summed E-state index contributed by atoms with van der Waals surface area (Å²) in [5.41, 5.74) is 14.3. The van der Waals surface area contributed by atoms with Gasteiger partial charge in [0.1, 0.15) is 0 Å². The molecule has 0 amide bonds. The smallest absolute Gasteiger partial charge is 0.0640 e. The summed E-state index contributed by atoms with van der Waals surface area (Å²) in [6.45, 7) is 2.26. The third-order valence-corrected chi connectivity index (χ3v) is 12.8. The predicted octanol–water partition coefficient (Wildman–Crippen LogP) is 15.9. The third kappa shape index (κ3) is 5.71. The molecule has 0 radical (unpaired) electrons. The van der Waals surface area contributed by atoms with Crippen molar-refractivity contribution in [2.75, 3.05) is 4.90 Å². The Balaban J connectivity index is 1.00. The summed E-state index contributed by atoms with van der Waals surface area (Å²) in [7, 11) is 0. The van der Waals surface area contributed by atoms with Gasteiger partial charge in [-0.15, -0.1) is 11.3 Å². The lowest BCUT2D eigenvalue weighted by molar-refractivity contribution is 1.13. The Hall–Kier alpha value is -7.20. The van der Waals surface area contributed by atoms with Crippen LogP contribution in [-0.4, -0.2) is 4.57 Å². The number of benzene rings is 9. The molecule has 2 aromatic heterocycles. The zero-order valence-electron chi connectivity index (χ0n) is 32.0. The molecule has 3 heteroatoms. The molecule has 0 saturated heterocycles. The first-order valence-electron chi connectivity index (χ1n) is 19.8. The summed E-state index contributed by atoms with van der Waals surface area (Å²) in [6, 6.07) is 77.2. The van der Waals surface area contributed by atoms with Crippen molar-refractivity contribution in [1.29, 1.82) is 0 Å². The first kappa shape index (κ1) is 34.1. The number of anilines is 3. The van der Waals surface area contributed by atoms with Crippen molar-refractivity contribution >= 4 is 70.2 Å². The van der Waals surface area contributed by atoms with E-state index < -0.39 is 0 Å². The third-order valence-electron chi connectivity index (χ3n) is 11.6. The van der Waals surface area contributed by atoms with E-state index in [-0.39, 0.29) is 0 Å². The van der Waals surface area contributed by atoms with Crippen LogP contribution in [-0.2, 0) is 0 Å². The molecule has 11 aromatic rings. The summed E-state index contributed by atoms with van der Waals surface area (Å²) in [6.07, 6.45) is 0. The van der Waals surface area contributed by atoms with Crippen LogP contribution in [0.1, 0.15) is 5.56 Å². The molecule has 0 fully saturated rings. The SMILES string of the molecule is Cc1c(-c2ccccc2)n(-c2ccc(-c3ccc(N(c4ccc(-c5ccccc5)cc4)c4cccc5c4sc4ccccc45)cc3)cc2)c2c1ccc1ccccc12. The Labute approximate surface area is 342 Å². The van der Waals surface area contributed by atoms with E-state index >= 15 is 0 Å². The molecular formula is C55H38N2S. The molecule has 0 spiro atoms. The van der Waals surface area contributed by atoms with Gasteiger partial charge >= 0.3 is 0 Å². The fourth-order valence-corrected chi connectivity index (χ4v) is 9.99. The quantitative estimate of drug-likeness (QED) is 0.157. The lowest BCUT2D eigenvalue weighted by Crippen LogP contribution is -2.10. The number of fused-ring (bicyclic) bond motifs is 6. The van der Waals surface area contributed by atoms with Crippen LogP contribution in [0, 0.1) is 6.92 Å². The number of hydrogen-bond donors (Lipinski definition) is 0. The van der Waals surface area contributed by atoms with Gasteiger partial charge in [0.25, 0.3) is 0 Å². The zero-order valence-corrected chi connectivity index (χ0v) is 32.8. The monoisotopic (exact) mass is 758 g/mol. The van der Waals surface area contributed by atoms with Gasteiger partial charge in [-0.3, -0.25) is 0 Å². The summed E-state index contributed by atoms with van der Waals surface area (Å²) in [5, 5.41) is 6.37.